The minimum absolute atomic E-state index is 0. The first kappa shape index (κ1) is 19.6. The largest absolute Gasteiger partial charge is 0.381 e. The Kier molecular flexibility index (Phi) is 7.35. The SMILES string of the molecule is CN=C(NCC1(SC)CCOCC1)N1CCC2(CCCC2)C1.I. The van der Waals surface area contributed by atoms with Crippen molar-refractivity contribution in [3.8, 4) is 0 Å². The molecule has 2 heterocycles. The third-order valence-electron chi connectivity index (χ3n) is 6.02. The molecular weight excluding hydrogens is 421 g/mol. The summed E-state index contributed by atoms with van der Waals surface area (Å²) < 4.78 is 5.86. The lowest BCUT2D eigenvalue weighted by atomic mass is 9.86. The average molecular weight is 453 g/mol. The number of guanidine groups is 1. The molecule has 2 aliphatic heterocycles. The molecule has 134 valence electrons. The van der Waals surface area contributed by atoms with Gasteiger partial charge in [0.05, 0.1) is 0 Å². The first-order valence-electron chi connectivity index (χ1n) is 8.80. The summed E-state index contributed by atoms with van der Waals surface area (Å²) in [7, 11) is 1.93. The van der Waals surface area contributed by atoms with Gasteiger partial charge >= 0.3 is 0 Å². The van der Waals surface area contributed by atoms with Gasteiger partial charge < -0.3 is 15.0 Å². The van der Waals surface area contributed by atoms with Crippen molar-refractivity contribution in [2.45, 2.75) is 49.7 Å². The number of aliphatic imine (C=N–C) groups is 1. The summed E-state index contributed by atoms with van der Waals surface area (Å²) in [6.45, 7) is 5.19. The van der Waals surface area contributed by atoms with E-state index in [0.717, 1.165) is 38.6 Å². The van der Waals surface area contributed by atoms with Crippen molar-refractivity contribution in [1.29, 1.82) is 0 Å². The van der Waals surface area contributed by atoms with Gasteiger partial charge in [-0.2, -0.15) is 11.8 Å². The molecule has 1 spiro atoms. The molecule has 0 aromatic carbocycles. The number of ether oxygens (including phenoxy) is 1. The van der Waals surface area contributed by atoms with E-state index in [0.29, 0.717) is 10.2 Å². The Morgan fingerprint density at radius 2 is 1.87 bits per heavy atom. The zero-order chi connectivity index (χ0) is 15.5. The third-order valence-corrected chi connectivity index (χ3v) is 7.44. The molecule has 6 heteroatoms. The Morgan fingerprint density at radius 3 is 2.48 bits per heavy atom. The van der Waals surface area contributed by atoms with Crippen LogP contribution < -0.4 is 5.32 Å². The molecule has 0 amide bonds. The maximum Gasteiger partial charge on any atom is 0.193 e. The highest BCUT2D eigenvalue weighted by molar-refractivity contribution is 14.0. The van der Waals surface area contributed by atoms with Crippen molar-refractivity contribution in [3.05, 3.63) is 0 Å². The van der Waals surface area contributed by atoms with Crippen LogP contribution in [0.1, 0.15) is 44.9 Å². The van der Waals surface area contributed by atoms with E-state index in [-0.39, 0.29) is 24.0 Å². The molecule has 0 unspecified atom stereocenters. The highest BCUT2D eigenvalue weighted by atomic mass is 127. The third kappa shape index (κ3) is 4.48. The van der Waals surface area contributed by atoms with Gasteiger partial charge in [0.25, 0.3) is 0 Å². The van der Waals surface area contributed by atoms with Gasteiger partial charge in [-0.3, -0.25) is 4.99 Å². The van der Waals surface area contributed by atoms with Gasteiger partial charge in [0.2, 0.25) is 0 Å². The summed E-state index contributed by atoms with van der Waals surface area (Å²) in [6, 6.07) is 0. The van der Waals surface area contributed by atoms with Gasteiger partial charge in [-0.15, -0.1) is 24.0 Å². The highest BCUT2D eigenvalue weighted by Gasteiger charge is 2.41. The Morgan fingerprint density at radius 1 is 1.17 bits per heavy atom. The molecule has 0 aromatic heterocycles. The number of nitrogens with one attached hydrogen (secondary N) is 1. The van der Waals surface area contributed by atoms with Crippen molar-refractivity contribution >= 4 is 41.7 Å². The lowest BCUT2D eigenvalue weighted by Gasteiger charge is -2.37. The predicted molar refractivity (Wildman–Crippen MR) is 110 cm³/mol. The lowest BCUT2D eigenvalue weighted by molar-refractivity contribution is 0.0781. The Hall–Kier alpha value is 0.310. The second kappa shape index (κ2) is 8.61. The molecule has 2 saturated heterocycles. The van der Waals surface area contributed by atoms with Crippen LogP contribution in [0, 0.1) is 5.41 Å². The molecule has 3 aliphatic rings. The topological polar surface area (TPSA) is 36.9 Å². The van der Waals surface area contributed by atoms with Crippen LogP contribution in [0.4, 0.5) is 0 Å². The van der Waals surface area contributed by atoms with Crippen LogP contribution in [-0.2, 0) is 4.74 Å². The van der Waals surface area contributed by atoms with E-state index < -0.39 is 0 Å². The van der Waals surface area contributed by atoms with Crippen LogP contribution in [0.3, 0.4) is 0 Å². The molecule has 3 rings (SSSR count). The van der Waals surface area contributed by atoms with Crippen molar-refractivity contribution in [2.24, 2.45) is 10.4 Å². The van der Waals surface area contributed by atoms with Crippen molar-refractivity contribution in [1.82, 2.24) is 10.2 Å². The van der Waals surface area contributed by atoms with Crippen molar-refractivity contribution in [3.63, 3.8) is 0 Å². The van der Waals surface area contributed by atoms with E-state index in [1.165, 1.54) is 45.2 Å². The monoisotopic (exact) mass is 453 g/mol. The molecule has 0 aromatic rings. The summed E-state index contributed by atoms with van der Waals surface area (Å²) in [6.07, 6.45) is 11.6. The summed E-state index contributed by atoms with van der Waals surface area (Å²) in [5.74, 6) is 1.11. The van der Waals surface area contributed by atoms with Gasteiger partial charge in [-0.1, -0.05) is 12.8 Å². The molecule has 1 N–H and O–H groups in total. The normalized spacial score (nSPS) is 26.3. The maximum absolute atomic E-state index is 5.54. The van der Waals surface area contributed by atoms with Crippen molar-refractivity contribution in [2.75, 3.05) is 46.2 Å². The summed E-state index contributed by atoms with van der Waals surface area (Å²) in [4.78, 5) is 7.06. The van der Waals surface area contributed by atoms with E-state index in [1.807, 2.05) is 18.8 Å². The van der Waals surface area contributed by atoms with E-state index in [4.69, 9.17) is 4.74 Å². The fourth-order valence-corrected chi connectivity index (χ4v) is 5.21. The van der Waals surface area contributed by atoms with Crippen LogP contribution in [0.5, 0.6) is 0 Å². The highest BCUT2D eigenvalue weighted by Crippen LogP contribution is 2.45. The molecule has 1 saturated carbocycles. The minimum atomic E-state index is 0. The summed E-state index contributed by atoms with van der Waals surface area (Å²) in [5, 5.41) is 3.68. The van der Waals surface area contributed by atoms with Crippen LogP contribution in [0.2, 0.25) is 0 Å². The summed E-state index contributed by atoms with van der Waals surface area (Å²) in [5.41, 5.74) is 0.605. The number of nitrogens with zero attached hydrogens (tertiary/aromatic N) is 2. The van der Waals surface area contributed by atoms with Gasteiger partial charge in [-0.05, 0) is 43.8 Å². The van der Waals surface area contributed by atoms with Gasteiger partial charge in [0.15, 0.2) is 5.96 Å². The smallest absolute Gasteiger partial charge is 0.193 e. The second-order valence-electron chi connectivity index (χ2n) is 7.28. The molecule has 3 fully saturated rings. The maximum atomic E-state index is 5.54. The molecular formula is C17H32IN3OS. The zero-order valence-electron chi connectivity index (χ0n) is 14.6. The van der Waals surface area contributed by atoms with E-state index in [2.05, 4.69) is 21.5 Å². The fraction of sp³-hybridized carbons (Fsp3) is 0.941. The molecule has 4 nitrogen and oxygen atoms in total. The van der Waals surface area contributed by atoms with Crippen LogP contribution in [-0.4, -0.2) is 61.8 Å². The number of likely N-dealkylation sites (tertiary alicyclic amines) is 1. The Balaban J connectivity index is 0.00000192. The predicted octanol–water partition coefficient (Wildman–Crippen LogP) is 3.36. The minimum Gasteiger partial charge on any atom is -0.381 e. The standard InChI is InChI=1S/C17H31N3OS.HI/c1-18-15(19-13-17(22-2)8-11-21-12-9-17)20-10-7-16(14-20)5-3-4-6-16;/h3-14H2,1-2H3,(H,18,19);1H. The number of rotatable bonds is 3. The van der Waals surface area contributed by atoms with Gasteiger partial charge in [-0.25, -0.2) is 0 Å². The molecule has 0 bridgehead atoms. The fourth-order valence-electron chi connectivity index (χ4n) is 4.42. The number of halogens is 1. The number of hydrogen-bond acceptors (Lipinski definition) is 3. The van der Waals surface area contributed by atoms with E-state index in [1.54, 1.807) is 0 Å². The van der Waals surface area contributed by atoms with E-state index >= 15 is 0 Å². The second-order valence-corrected chi connectivity index (χ2v) is 8.55. The Labute approximate surface area is 162 Å². The lowest BCUT2D eigenvalue weighted by Crippen LogP contribution is -2.49. The molecule has 23 heavy (non-hydrogen) atoms. The van der Waals surface area contributed by atoms with Gasteiger partial charge in [0, 0.05) is 44.6 Å². The molecule has 1 aliphatic carbocycles. The summed E-state index contributed by atoms with van der Waals surface area (Å²) >= 11 is 1.99. The van der Waals surface area contributed by atoms with Crippen LogP contribution in [0.25, 0.3) is 0 Å². The Bertz CT molecular complexity index is 407. The first-order valence-corrected chi connectivity index (χ1v) is 10.0. The zero-order valence-corrected chi connectivity index (χ0v) is 17.8. The molecule has 0 atom stereocenters. The van der Waals surface area contributed by atoms with Crippen LogP contribution >= 0.6 is 35.7 Å². The van der Waals surface area contributed by atoms with Crippen LogP contribution in [0.15, 0.2) is 4.99 Å². The quantitative estimate of drug-likeness (QED) is 0.404. The van der Waals surface area contributed by atoms with E-state index in [9.17, 15) is 0 Å². The number of hydrogen-bond donors (Lipinski definition) is 1. The first-order chi connectivity index (χ1) is 10.7. The number of thioether (sulfide) groups is 1. The molecule has 0 radical (unpaired) electrons. The average Bonchev–Trinajstić information content (AvgIpc) is 3.20. The van der Waals surface area contributed by atoms with Crippen molar-refractivity contribution < 1.29 is 4.74 Å². The van der Waals surface area contributed by atoms with Gasteiger partial charge in [0.1, 0.15) is 0 Å².